The lowest BCUT2D eigenvalue weighted by molar-refractivity contribution is -0.177. The van der Waals surface area contributed by atoms with Gasteiger partial charge in [-0.05, 0) is 77.4 Å². The first-order valence-electron chi connectivity index (χ1n) is 24.9. The Bertz CT molecular complexity index is 3300. The Kier molecular flexibility index (Phi) is 13.8. The number of anilines is 3. The summed E-state index contributed by atoms with van der Waals surface area (Å²) in [5, 5.41) is 21.9. The topological polar surface area (TPSA) is 187 Å². The number of carbonyl (C=O) groups is 4. The molecule has 5 heterocycles. The van der Waals surface area contributed by atoms with Gasteiger partial charge in [0.2, 0.25) is 11.8 Å². The Balaban J connectivity index is 1.16. The summed E-state index contributed by atoms with van der Waals surface area (Å²) < 4.78 is 31.3. The first-order chi connectivity index (χ1) is 36.8. The van der Waals surface area contributed by atoms with Gasteiger partial charge in [-0.25, -0.2) is 14.4 Å². The number of hydrogen-bond acceptors (Lipinski definition) is 14. The molecule has 0 radical (unpaired) electrons. The molecule has 3 fully saturated rings. The Morgan fingerprint density at radius 1 is 0.813 bits per heavy atom. The molecule has 0 bridgehead atoms. The zero-order chi connectivity index (χ0) is 51.5. The van der Waals surface area contributed by atoms with Crippen LogP contribution in [0.25, 0.3) is 11.0 Å². The molecular weight excluding hydrogens is 955 g/mol. The minimum absolute atomic E-state index is 0.0379. The van der Waals surface area contributed by atoms with E-state index in [2.05, 4.69) is 32.4 Å². The highest BCUT2D eigenvalue weighted by atomic mass is 16.6. The standard InChI is InChI=1S/C58H53N7O10/c1-71-35-36-74-57(70)64-46-27-22-38(13-12-28-63-47-20-10-9-19-45(47)60-61-63)37-44(46)58(56(64)69)49(54(67)59-41-23-25-42(26-24-41)62-29-32-72-33-30-62)51-55(68)75-52(40-16-6-3-7-17-40)50(39-14-4-2-5-15-39)65(51)53(58)43-18-8-11-21-48(43)73-34-31-66/h2-11,14-27,37,49-53,66H,28-36H2,1H3,(H,59,67)/t49-,50-,51-,52+,53+,58-/m1/s1. The molecule has 3 amide bonds. The lowest BCUT2D eigenvalue weighted by Crippen LogP contribution is -2.54. The van der Waals surface area contributed by atoms with Gasteiger partial charge in [-0.2, -0.15) is 0 Å². The number of hydrogen-bond donors (Lipinski definition) is 2. The minimum Gasteiger partial charge on any atom is -0.491 e. The maximum Gasteiger partial charge on any atom is 0.421 e. The van der Waals surface area contributed by atoms with Crippen LogP contribution in [0.15, 0.2) is 152 Å². The smallest absolute Gasteiger partial charge is 0.421 e. The second-order valence-corrected chi connectivity index (χ2v) is 18.5. The lowest BCUT2D eigenvalue weighted by atomic mass is 9.65. The molecular formula is C58H53N7O10. The number of aliphatic hydroxyl groups is 1. The van der Waals surface area contributed by atoms with Gasteiger partial charge < -0.3 is 39.0 Å². The normalized spacial score (nSPS) is 22.0. The van der Waals surface area contributed by atoms with E-state index in [1.165, 1.54) is 7.11 Å². The fourth-order valence-corrected chi connectivity index (χ4v) is 11.3. The summed E-state index contributed by atoms with van der Waals surface area (Å²) in [6.45, 7) is 2.11. The number of imide groups is 1. The summed E-state index contributed by atoms with van der Waals surface area (Å²) in [6, 6.07) is 42.2. The van der Waals surface area contributed by atoms with Crippen molar-refractivity contribution in [2.45, 2.75) is 36.2 Å². The second kappa shape index (κ2) is 21.2. The Hall–Kier alpha value is -8.40. The van der Waals surface area contributed by atoms with Crippen LogP contribution in [0.5, 0.6) is 5.75 Å². The van der Waals surface area contributed by atoms with E-state index < -0.39 is 59.4 Å². The highest BCUT2D eigenvalue weighted by molar-refractivity contribution is 6.24. The zero-order valence-corrected chi connectivity index (χ0v) is 41.0. The molecule has 1 spiro atoms. The third-order valence-corrected chi connectivity index (χ3v) is 14.4. The first-order valence-corrected chi connectivity index (χ1v) is 24.9. The number of benzene rings is 6. The van der Waals surface area contributed by atoms with Crippen LogP contribution >= 0.6 is 0 Å². The van der Waals surface area contributed by atoms with E-state index in [4.69, 9.17) is 23.7 Å². The predicted molar refractivity (Wildman–Crippen MR) is 277 cm³/mol. The average Bonchev–Trinajstić information content (AvgIpc) is 4.19. The number of aromatic nitrogens is 3. The maximum absolute atomic E-state index is 16.7. The molecule has 1 aromatic heterocycles. The van der Waals surface area contributed by atoms with Gasteiger partial charge in [0, 0.05) is 42.7 Å². The van der Waals surface area contributed by atoms with Crippen molar-refractivity contribution in [2.24, 2.45) is 5.92 Å². The molecule has 0 saturated carbocycles. The van der Waals surface area contributed by atoms with Crippen molar-refractivity contribution in [1.29, 1.82) is 0 Å². The van der Waals surface area contributed by atoms with Gasteiger partial charge >= 0.3 is 12.1 Å². The van der Waals surface area contributed by atoms with Crippen molar-refractivity contribution in [3.05, 3.63) is 179 Å². The quantitative estimate of drug-likeness (QED) is 0.0700. The van der Waals surface area contributed by atoms with Crippen LogP contribution in [0.1, 0.15) is 46.0 Å². The molecule has 17 heteroatoms. The summed E-state index contributed by atoms with van der Waals surface area (Å²) in [7, 11) is 1.47. The Morgan fingerprint density at radius 3 is 2.29 bits per heavy atom. The number of nitrogens with one attached hydrogen (secondary N) is 1. The van der Waals surface area contributed by atoms with Gasteiger partial charge in [-0.1, -0.05) is 108 Å². The van der Waals surface area contributed by atoms with Crippen LogP contribution in [0, 0.1) is 17.8 Å². The summed E-state index contributed by atoms with van der Waals surface area (Å²) in [6.07, 6.45) is -1.98. The third-order valence-electron chi connectivity index (χ3n) is 14.4. The summed E-state index contributed by atoms with van der Waals surface area (Å²) >= 11 is 0. The Labute approximate surface area is 432 Å². The van der Waals surface area contributed by atoms with Gasteiger partial charge in [0.05, 0.1) is 55.6 Å². The SMILES string of the molecule is COCCOC(=O)N1C(=O)[C@@]2(c3cc(C#CCn4nnc5ccccc54)ccc31)[C@H](c1ccccc1OCCO)N1[C@H](c3ccccc3)[C@H](c3ccccc3)OC(=O)[C@H]1[C@@H]2C(=O)Nc1ccc(N2CCOCC2)cc1. The average molecular weight is 1010 g/mol. The first kappa shape index (κ1) is 48.8. The number of methoxy groups -OCH3 is 1. The molecule has 4 aliphatic rings. The summed E-state index contributed by atoms with van der Waals surface area (Å²) in [4.78, 5) is 68.3. The fourth-order valence-electron chi connectivity index (χ4n) is 11.3. The van der Waals surface area contributed by atoms with Crippen molar-refractivity contribution < 1.29 is 48.0 Å². The number of ether oxygens (including phenoxy) is 5. The number of cyclic esters (lactones) is 1. The molecule has 380 valence electrons. The second-order valence-electron chi connectivity index (χ2n) is 18.5. The number of carbonyl (C=O) groups excluding carboxylic acids is 4. The summed E-state index contributed by atoms with van der Waals surface area (Å²) in [5.41, 5.74) is 3.30. The number of fused-ring (bicyclic) bond motifs is 4. The van der Waals surface area contributed by atoms with E-state index in [0.717, 1.165) is 21.7 Å². The van der Waals surface area contributed by atoms with Gasteiger partial charge in [0.25, 0.3) is 0 Å². The highest BCUT2D eigenvalue weighted by Gasteiger charge is 2.76. The molecule has 6 atom stereocenters. The van der Waals surface area contributed by atoms with E-state index >= 15 is 14.4 Å². The molecule has 17 nitrogen and oxygen atoms in total. The molecule has 11 rings (SSSR count). The van der Waals surface area contributed by atoms with E-state index in [-0.39, 0.29) is 50.0 Å². The van der Waals surface area contributed by atoms with Gasteiger partial charge in [0.15, 0.2) is 0 Å². The number of rotatable bonds is 13. The number of esters is 1. The van der Waals surface area contributed by atoms with Gasteiger partial charge in [-0.3, -0.25) is 19.3 Å². The van der Waals surface area contributed by atoms with Crippen LogP contribution in [0.2, 0.25) is 0 Å². The van der Waals surface area contributed by atoms with Crippen molar-refractivity contribution in [3.63, 3.8) is 0 Å². The third kappa shape index (κ3) is 8.91. The highest BCUT2D eigenvalue weighted by Crippen LogP contribution is 2.67. The maximum atomic E-state index is 16.7. The molecule has 7 aromatic rings. The van der Waals surface area contributed by atoms with E-state index in [9.17, 15) is 9.90 Å². The van der Waals surface area contributed by atoms with Crippen LogP contribution < -0.4 is 19.9 Å². The molecule has 0 aliphatic carbocycles. The minimum atomic E-state index is -2.14. The largest absolute Gasteiger partial charge is 0.491 e. The van der Waals surface area contributed by atoms with Gasteiger partial charge in [0.1, 0.15) is 48.6 Å². The van der Waals surface area contributed by atoms with Crippen molar-refractivity contribution in [2.75, 3.05) is 75.0 Å². The predicted octanol–water partition coefficient (Wildman–Crippen LogP) is 6.78. The molecule has 3 saturated heterocycles. The van der Waals surface area contributed by atoms with Gasteiger partial charge in [-0.15, -0.1) is 5.10 Å². The zero-order valence-electron chi connectivity index (χ0n) is 41.0. The molecule has 0 unspecified atom stereocenters. The Morgan fingerprint density at radius 2 is 1.53 bits per heavy atom. The van der Waals surface area contributed by atoms with Crippen LogP contribution in [0.3, 0.4) is 0 Å². The van der Waals surface area contributed by atoms with Crippen LogP contribution in [0.4, 0.5) is 21.9 Å². The number of nitrogens with zero attached hydrogens (tertiary/aromatic N) is 6. The van der Waals surface area contributed by atoms with Crippen LogP contribution in [-0.2, 0) is 45.3 Å². The number of morpholine rings is 2. The number of para-hydroxylation sites is 2. The van der Waals surface area contributed by atoms with Crippen LogP contribution in [-0.4, -0.2) is 115 Å². The van der Waals surface area contributed by atoms with E-state index in [1.807, 2.05) is 102 Å². The number of amides is 3. The molecule has 6 aromatic carbocycles. The molecule has 4 aliphatic heterocycles. The van der Waals surface area contributed by atoms with Crippen molar-refractivity contribution >= 4 is 52.0 Å². The van der Waals surface area contributed by atoms with Crippen molar-refractivity contribution in [3.8, 4) is 17.6 Å². The van der Waals surface area contributed by atoms with E-state index in [1.54, 1.807) is 59.3 Å². The monoisotopic (exact) mass is 1010 g/mol. The molecule has 2 N–H and O–H groups in total. The van der Waals surface area contributed by atoms with E-state index in [0.29, 0.717) is 54.2 Å². The van der Waals surface area contributed by atoms with Crippen molar-refractivity contribution in [1.82, 2.24) is 19.9 Å². The summed E-state index contributed by atoms with van der Waals surface area (Å²) in [5.74, 6) is 2.86. The number of aliphatic hydroxyl groups excluding tert-OH is 1. The molecule has 75 heavy (non-hydrogen) atoms. The fraction of sp³-hybridized carbons (Fsp3) is 0.276. The lowest BCUT2D eigenvalue weighted by Gasteiger charge is -2.46.